The average molecular weight is 295 g/mol. The molecule has 3 aromatic rings. The second-order valence-electron chi connectivity index (χ2n) is 5.04. The Hall–Kier alpha value is -2.89. The van der Waals surface area contributed by atoms with Crippen molar-refractivity contribution in [3.05, 3.63) is 59.7 Å². The van der Waals surface area contributed by atoms with Crippen molar-refractivity contribution in [2.45, 2.75) is 20.4 Å². The lowest BCUT2D eigenvalue weighted by Crippen LogP contribution is -2.06. The van der Waals surface area contributed by atoms with Gasteiger partial charge in [-0.15, -0.1) is 5.10 Å². The molecule has 0 spiro atoms. The first-order valence-electron chi connectivity index (χ1n) is 7.01. The van der Waals surface area contributed by atoms with Crippen LogP contribution in [0.25, 0.3) is 0 Å². The van der Waals surface area contributed by atoms with Crippen LogP contribution in [0.2, 0.25) is 0 Å². The molecule has 6 heteroatoms. The van der Waals surface area contributed by atoms with E-state index in [0.717, 1.165) is 17.0 Å². The van der Waals surface area contributed by atoms with Crippen LogP contribution in [0.5, 0.6) is 0 Å². The summed E-state index contributed by atoms with van der Waals surface area (Å²) < 4.78 is 5.25. The fourth-order valence-electron chi connectivity index (χ4n) is 2.11. The molecule has 2 aromatic heterocycles. The Morgan fingerprint density at radius 3 is 2.86 bits per heavy atom. The van der Waals surface area contributed by atoms with Gasteiger partial charge in [0.1, 0.15) is 5.76 Å². The summed E-state index contributed by atoms with van der Waals surface area (Å²) in [5.74, 6) is 1.91. The Labute approximate surface area is 128 Å². The van der Waals surface area contributed by atoms with Crippen molar-refractivity contribution in [1.29, 1.82) is 0 Å². The van der Waals surface area contributed by atoms with Crippen molar-refractivity contribution in [3.63, 3.8) is 0 Å². The van der Waals surface area contributed by atoms with E-state index < -0.39 is 0 Å². The van der Waals surface area contributed by atoms with E-state index in [-0.39, 0.29) is 0 Å². The number of hydrogen-bond acceptors (Lipinski definition) is 6. The minimum Gasteiger partial charge on any atom is -0.467 e. The maximum atomic E-state index is 5.25. The van der Waals surface area contributed by atoms with Gasteiger partial charge < -0.3 is 15.1 Å². The first-order valence-corrected chi connectivity index (χ1v) is 7.01. The van der Waals surface area contributed by atoms with Gasteiger partial charge in [0.05, 0.1) is 19.0 Å². The summed E-state index contributed by atoms with van der Waals surface area (Å²) in [6.07, 6.45) is 3.23. The van der Waals surface area contributed by atoms with Gasteiger partial charge in [-0.2, -0.15) is 10.1 Å². The zero-order valence-electron chi connectivity index (χ0n) is 12.5. The summed E-state index contributed by atoms with van der Waals surface area (Å²) in [5, 5.41) is 14.3. The molecule has 0 saturated heterocycles. The molecule has 2 N–H and O–H groups in total. The standard InChI is InChI=1S/C16H17N5O/c1-11-5-6-14(12(2)8-11)19-15-10-18-21-16(20-15)17-9-13-4-3-7-22-13/h3-8,10H,9H2,1-2H3,(H2,17,19,20,21). The number of aromatic nitrogens is 3. The van der Waals surface area contributed by atoms with E-state index in [0.29, 0.717) is 18.3 Å². The largest absolute Gasteiger partial charge is 0.467 e. The molecule has 22 heavy (non-hydrogen) atoms. The van der Waals surface area contributed by atoms with Crippen LogP contribution in [0.3, 0.4) is 0 Å². The van der Waals surface area contributed by atoms with E-state index in [2.05, 4.69) is 51.8 Å². The average Bonchev–Trinajstić information content (AvgIpc) is 3.02. The van der Waals surface area contributed by atoms with E-state index in [1.165, 1.54) is 5.56 Å². The third-order valence-corrected chi connectivity index (χ3v) is 3.20. The first kappa shape index (κ1) is 14.1. The highest BCUT2D eigenvalue weighted by atomic mass is 16.3. The number of hydrogen-bond donors (Lipinski definition) is 2. The van der Waals surface area contributed by atoms with E-state index in [9.17, 15) is 0 Å². The molecule has 0 fully saturated rings. The smallest absolute Gasteiger partial charge is 0.245 e. The van der Waals surface area contributed by atoms with Crippen molar-refractivity contribution in [3.8, 4) is 0 Å². The van der Waals surface area contributed by atoms with Gasteiger partial charge in [-0.3, -0.25) is 0 Å². The SMILES string of the molecule is Cc1ccc(Nc2cnnc(NCc3ccco3)n2)c(C)c1. The molecule has 1 aromatic carbocycles. The van der Waals surface area contributed by atoms with Gasteiger partial charge in [-0.05, 0) is 37.6 Å². The monoisotopic (exact) mass is 295 g/mol. The quantitative estimate of drug-likeness (QED) is 0.751. The molecule has 3 rings (SSSR count). The van der Waals surface area contributed by atoms with Crippen molar-refractivity contribution in [2.75, 3.05) is 10.6 Å². The number of anilines is 3. The van der Waals surface area contributed by atoms with Gasteiger partial charge in [0.15, 0.2) is 5.82 Å². The lowest BCUT2D eigenvalue weighted by molar-refractivity contribution is 0.517. The van der Waals surface area contributed by atoms with E-state index in [1.807, 2.05) is 18.2 Å². The first-order chi connectivity index (χ1) is 10.7. The van der Waals surface area contributed by atoms with Gasteiger partial charge in [0.25, 0.3) is 0 Å². The summed E-state index contributed by atoms with van der Waals surface area (Å²) in [5.41, 5.74) is 3.39. The summed E-state index contributed by atoms with van der Waals surface area (Å²) in [6, 6.07) is 9.93. The minimum absolute atomic E-state index is 0.450. The number of nitrogens with zero attached hydrogens (tertiary/aromatic N) is 3. The number of nitrogens with one attached hydrogen (secondary N) is 2. The third kappa shape index (κ3) is 3.41. The van der Waals surface area contributed by atoms with Crippen LogP contribution >= 0.6 is 0 Å². The molecule has 112 valence electrons. The molecule has 2 heterocycles. The Bertz CT molecular complexity index is 755. The molecule has 0 aliphatic carbocycles. The Morgan fingerprint density at radius 1 is 1.18 bits per heavy atom. The Morgan fingerprint density at radius 2 is 2.09 bits per heavy atom. The van der Waals surface area contributed by atoms with E-state index >= 15 is 0 Å². The molecule has 0 saturated carbocycles. The van der Waals surface area contributed by atoms with Crippen molar-refractivity contribution in [1.82, 2.24) is 15.2 Å². The van der Waals surface area contributed by atoms with Gasteiger partial charge in [0, 0.05) is 5.69 Å². The molecule has 0 aliphatic heterocycles. The minimum atomic E-state index is 0.450. The van der Waals surface area contributed by atoms with Gasteiger partial charge >= 0.3 is 0 Å². The fraction of sp³-hybridized carbons (Fsp3) is 0.188. The maximum Gasteiger partial charge on any atom is 0.245 e. The van der Waals surface area contributed by atoms with Crippen LogP contribution in [0.4, 0.5) is 17.5 Å². The second-order valence-corrected chi connectivity index (χ2v) is 5.04. The van der Waals surface area contributed by atoms with E-state index in [1.54, 1.807) is 12.5 Å². The normalized spacial score (nSPS) is 10.5. The summed E-state index contributed by atoms with van der Waals surface area (Å²) in [4.78, 5) is 4.39. The molecule has 0 bridgehead atoms. The number of benzene rings is 1. The highest BCUT2D eigenvalue weighted by Gasteiger charge is 2.04. The maximum absolute atomic E-state index is 5.25. The Balaban J connectivity index is 1.70. The highest BCUT2D eigenvalue weighted by molar-refractivity contribution is 5.60. The van der Waals surface area contributed by atoms with Crippen LogP contribution in [0.1, 0.15) is 16.9 Å². The van der Waals surface area contributed by atoms with Gasteiger partial charge in [-0.25, -0.2) is 0 Å². The van der Waals surface area contributed by atoms with Gasteiger partial charge in [0.2, 0.25) is 5.95 Å². The summed E-state index contributed by atoms with van der Waals surface area (Å²) in [6.45, 7) is 4.64. The Kier molecular flexibility index (Phi) is 4.00. The molecule has 0 atom stereocenters. The highest BCUT2D eigenvalue weighted by Crippen LogP contribution is 2.20. The number of aryl methyl sites for hydroxylation is 2. The van der Waals surface area contributed by atoms with E-state index in [4.69, 9.17) is 4.42 Å². The zero-order valence-corrected chi connectivity index (χ0v) is 12.5. The lowest BCUT2D eigenvalue weighted by Gasteiger charge is -2.10. The van der Waals surface area contributed by atoms with Crippen molar-refractivity contribution in [2.24, 2.45) is 0 Å². The predicted molar refractivity (Wildman–Crippen MR) is 85.1 cm³/mol. The topological polar surface area (TPSA) is 75.9 Å². The van der Waals surface area contributed by atoms with Crippen LogP contribution in [-0.2, 0) is 6.54 Å². The lowest BCUT2D eigenvalue weighted by atomic mass is 10.1. The predicted octanol–water partition coefficient (Wildman–Crippen LogP) is 3.44. The second kappa shape index (κ2) is 6.26. The summed E-state index contributed by atoms with van der Waals surface area (Å²) in [7, 11) is 0. The van der Waals surface area contributed by atoms with Crippen LogP contribution < -0.4 is 10.6 Å². The van der Waals surface area contributed by atoms with Crippen LogP contribution in [0.15, 0.2) is 47.2 Å². The van der Waals surface area contributed by atoms with Crippen molar-refractivity contribution >= 4 is 17.5 Å². The number of furan rings is 1. The molecule has 0 radical (unpaired) electrons. The van der Waals surface area contributed by atoms with Crippen molar-refractivity contribution < 1.29 is 4.42 Å². The molecular formula is C16H17N5O. The molecular weight excluding hydrogens is 278 g/mol. The van der Waals surface area contributed by atoms with Crippen LogP contribution in [-0.4, -0.2) is 15.2 Å². The molecule has 0 unspecified atom stereocenters. The van der Waals surface area contributed by atoms with Crippen LogP contribution in [0, 0.1) is 13.8 Å². The summed E-state index contributed by atoms with van der Waals surface area (Å²) >= 11 is 0. The molecule has 0 aliphatic rings. The van der Waals surface area contributed by atoms with Gasteiger partial charge in [-0.1, -0.05) is 17.7 Å². The molecule has 0 amide bonds. The zero-order chi connectivity index (χ0) is 15.4. The number of rotatable bonds is 5. The fourth-order valence-corrected chi connectivity index (χ4v) is 2.11. The third-order valence-electron chi connectivity index (χ3n) is 3.20. The molecule has 6 nitrogen and oxygen atoms in total.